The molecule has 3 heteroatoms. The van der Waals surface area contributed by atoms with Crippen LogP contribution >= 0.6 is 0 Å². The maximum absolute atomic E-state index is 6.06. The number of amidine groups is 1. The van der Waals surface area contributed by atoms with Gasteiger partial charge in [-0.2, -0.15) is 0 Å². The molecule has 0 amide bonds. The maximum Gasteiger partial charge on any atom is 0.0988 e. The van der Waals surface area contributed by atoms with Crippen LogP contribution in [0.15, 0.2) is 4.99 Å². The summed E-state index contributed by atoms with van der Waals surface area (Å²) < 4.78 is 0. The van der Waals surface area contributed by atoms with Gasteiger partial charge in [0.2, 0.25) is 0 Å². The van der Waals surface area contributed by atoms with E-state index in [1.54, 1.807) is 0 Å². The third-order valence-corrected chi connectivity index (χ3v) is 3.60. The van der Waals surface area contributed by atoms with Crippen LogP contribution < -0.4 is 0 Å². The molecule has 0 aromatic carbocycles. The molecule has 0 bridgehead atoms. The monoisotopic (exact) mass is 206 g/mol. The minimum absolute atomic E-state index is 0.272. The molecule has 1 aliphatic heterocycles. The van der Waals surface area contributed by atoms with Crippen LogP contribution in [0.1, 0.15) is 39.5 Å². The Kier molecular flexibility index (Phi) is 4.68. The molecule has 3 atom stereocenters. The number of aliphatic imine (C=N–C) groups is 1. The smallest absolute Gasteiger partial charge is 0.0988 e. The molecular formula is C12H23BN2. The number of nitrogens with zero attached hydrogens (tertiary/aromatic N) is 2. The highest BCUT2D eigenvalue weighted by Gasteiger charge is 2.36. The van der Waals surface area contributed by atoms with Gasteiger partial charge in [0.15, 0.2) is 0 Å². The molecule has 1 fully saturated rings. The van der Waals surface area contributed by atoms with Crippen molar-refractivity contribution in [2.75, 3.05) is 14.1 Å². The molecule has 0 N–H and O–H groups in total. The number of unbranched alkanes of at least 4 members (excludes halogenated alkanes) is 1. The largest absolute Gasteiger partial charge is 0.360 e. The van der Waals surface area contributed by atoms with Crippen molar-refractivity contribution in [2.24, 2.45) is 10.9 Å². The fraction of sp³-hybridized carbons (Fsp3) is 0.917. The third-order valence-electron chi connectivity index (χ3n) is 3.60. The van der Waals surface area contributed by atoms with E-state index in [0.29, 0.717) is 12.0 Å². The van der Waals surface area contributed by atoms with Crippen LogP contribution in [0.5, 0.6) is 0 Å². The van der Waals surface area contributed by atoms with E-state index in [1.165, 1.54) is 25.1 Å². The van der Waals surface area contributed by atoms with E-state index >= 15 is 0 Å². The van der Waals surface area contributed by atoms with Gasteiger partial charge in [0.1, 0.15) is 0 Å². The Balaban J connectivity index is 2.70. The summed E-state index contributed by atoms with van der Waals surface area (Å²) >= 11 is 0. The van der Waals surface area contributed by atoms with Gasteiger partial charge in [-0.25, -0.2) is 0 Å². The van der Waals surface area contributed by atoms with Crippen molar-refractivity contribution >= 4 is 13.7 Å². The Morgan fingerprint density at radius 2 is 2.27 bits per heavy atom. The van der Waals surface area contributed by atoms with Crippen LogP contribution in [0.4, 0.5) is 0 Å². The summed E-state index contributed by atoms with van der Waals surface area (Å²) in [7, 11) is 10.1. The fourth-order valence-corrected chi connectivity index (χ4v) is 2.58. The van der Waals surface area contributed by atoms with Gasteiger partial charge in [-0.3, -0.25) is 4.99 Å². The Hall–Kier alpha value is -0.465. The Morgan fingerprint density at radius 1 is 1.60 bits per heavy atom. The topological polar surface area (TPSA) is 15.6 Å². The van der Waals surface area contributed by atoms with Crippen molar-refractivity contribution in [1.29, 1.82) is 0 Å². The first-order valence-corrected chi connectivity index (χ1v) is 6.05. The molecule has 0 aliphatic carbocycles. The van der Waals surface area contributed by atoms with Crippen LogP contribution in [0.25, 0.3) is 0 Å². The first kappa shape index (κ1) is 12.6. The lowest BCUT2D eigenvalue weighted by molar-refractivity contribution is 0.285. The molecule has 1 heterocycles. The van der Waals surface area contributed by atoms with Crippen molar-refractivity contribution in [3.63, 3.8) is 0 Å². The average molecular weight is 206 g/mol. The number of hydrogen-bond donors (Lipinski definition) is 0. The molecular weight excluding hydrogens is 183 g/mol. The highest BCUT2D eigenvalue weighted by Crippen LogP contribution is 2.35. The summed E-state index contributed by atoms with van der Waals surface area (Å²) in [5.41, 5.74) is 0. The van der Waals surface area contributed by atoms with Crippen LogP contribution in [0.3, 0.4) is 0 Å². The second-order valence-corrected chi connectivity index (χ2v) is 4.69. The fourth-order valence-electron chi connectivity index (χ4n) is 2.58. The second kappa shape index (κ2) is 5.57. The van der Waals surface area contributed by atoms with E-state index in [-0.39, 0.29) is 5.82 Å². The number of rotatable bonds is 4. The zero-order chi connectivity index (χ0) is 11.4. The number of likely N-dealkylation sites (tertiary alicyclic amines) is 1. The summed E-state index contributed by atoms with van der Waals surface area (Å²) in [6.45, 7) is 4.36. The zero-order valence-corrected chi connectivity index (χ0v) is 10.5. The Morgan fingerprint density at radius 3 is 2.73 bits per heavy atom. The van der Waals surface area contributed by atoms with E-state index in [2.05, 4.69) is 30.8 Å². The summed E-state index contributed by atoms with van der Waals surface area (Å²) in [6, 6.07) is 0.601. The molecule has 2 nitrogen and oxygen atoms in total. The number of hydrogen-bond acceptors (Lipinski definition) is 1. The molecule has 0 saturated carbocycles. The van der Waals surface area contributed by atoms with Crippen molar-refractivity contribution in [3.05, 3.63) is 0 Å². The molecule has 3 unspecified atom stereocenters. The summed E-state index contributed by atoms with van der Waals surface area (Å²) in [5, 5.41) is 0. The first-order chi connectivity index (χ1) is 7.11. The van der Waals surface area contributed by atoms with Crippen molar-refractivity contribution in [1.82, 2.24) is 4.90 Å². The summed E-state index contributed by atoms with van der Waals surface area (Å²) in [6.07, 6.45) is 4.85. The van der Waals surface area contributed by atoms with Gasteiger partial charge < -0.3 is 4.90 Å². The van der Waals surface area contributed by atoms with Crippen LogP contribution in [-0.2, 0) is 0 Å². The van der Waals surface area contributed by atoms with E-state index in [4.69, 9.17) is 7.85 Å². The molecule has 1 aliphatic rings. The average Bonchev–Trinajstić information content (AvgIpc) is 2.52. The summed E-state index contributed by atoms with van der Waals surface area (Å²) in [5.74, 6) is 2.08. The highest BCUT2D eigenvalue weighted by atomic mass is 15.2. The molecule has 1 rings (SSSR count). The predicted molar refractivity (Wildman–Crippen MR) is 67.7 cm³/mol. The summed E-state index contributed by atoms with van der Waals surface area (Å²) in [4.78, 5) is 6.68. The molecule has 0 aromatic heterocycles. The molecule has 1 saturated heterocycles. The highest BCUT2D eigenvalue weighted by molar-refractivity contribution is 6.12. The molecule has 0 aromatic rings. The zero-order valence-electron chi connectivity index (χ0n) is 10.5. The van der Waals surface area contributed by atoms with Gasteiger partial charge in [-0.1, -0.05) is 32.5 Å². The lowest BCUT2D eigenvalue weighted by Crippen LogP contribution is -2.32. The second-order valence-electron chi connectivity index (χ2n) is 4.69. The van der Waals surface area contributed by atoms with E-state index in [9.17, 15) is 0 Å². The maximum atomic E-state index is 6.06. The van der Waals surface area contributed by atoms with Crippen molar-refractivity contribution in [2.45, 2.75) is 51.4 Å². The third kappa shape index (κ3) is 2.76. The Bertz CT molecular complexity index is 226. The molecule has 84 valence electrons. The van der Waals surface area contributed by atoms with Crippen molar-refractivity contribution in [3.8, 4) is 0 Å². The van der Waals surface area contributed by atoms with Gasteiger partial charge >= 0.3 is 0 Å². The lowest BCUT2D eigenvalue weighted by atomic mass is 9.73. The van der Waals surface area contributed by atoms with E-state index in [1.807, 2.05) is 7.05 Å². The van der Waals surface area contributed by atoms with E-state index < -0.39 is 0 Å². The molecule has 2 radical (unpaired) electrons. The van der Waals surface area contributed by atoms with Gasteiger partial charge in [0.25, 0.3) is 0 Å². The van der Waals surface area contributed by atoms with E-state index in [0.717, 1.165) is 6.42 Å². The van der Waals surface area contributed by atoms with Gasteiger partial charge in [-0.15, -0.1) is 0 Å². The standard InChI is InChI=1S/C12H23BN2/c1-5-6-7-11-10(9(2)13)8-12(14-3)15(11)4/h9-11H,5-8H2,1-4H3. The SMILES string of the molecule is [B]C(C)C1CC(=NC)N(C)C1CCCC. The minimum Gasteiger partial charge on any atom is -0.360 e. The van der Waals surface area contributed by atoms with Crippen LogP contribution in [0.2, 0.25) is 5.82 Å². The first-order valence-electron chi connectivity index (χ1n) is 6.05. The van der Waals surface area contributed by atoms with Gasteiger partial charge in [0.05, 0.1) is 13.7 Å². The molecule has 15 heavy (non-hydrogen) atoms. The van der Waals surface area contributed by atoms with Crippen molar-refractivity contribution < 1.29 is 0 Å². The quantitative estimate of drug-likeness (QED) is 0.645. The van der Waals surface area contributed by atoms with Gasteiger partial charge in [0, 0.05) is 26.6 Å². The Labute approximate surface area is 95.6 Å². The minimum atomic E-state index is 0.272. The van der Waals surface area contributed by atoms with Gasteiger partial charge in [-0.05, 0) is 12.3 Å². The normalized spacial score (nSPS) is 31.2. The predicted octanol–water partition coefficient (Wildman–Crippen LogP) is 2.50. The molecule has 0 spiro atoms. The van der Waals surface area contributed by atoms with Crippen LogP contribution in [-0.4, -0.2) is 38.7 Å². The van der Waals surface area contributed by atoms with Crippen LogP contribution in [0, 0.1) is 5.92 Å². The lowest BCUT2D eigenvalue weighted by Gasteiger charge is -2.28.